The minimum absolute atomic E-state index is 0.204. The fourth-order valence-electron chi connectivity index (χ4n) is 2.51. The summed E-state index contributed by atoms with van der Waals surface area (Å²) in [4.78, 5) is 16.5. The van der Waals surface area contributed by atoms with Gasteiger partial charge in [0.15, 0.2) is 12.4 Å². The number of nitrogens with one attached hydrogen (secondary N) is 1. The third-order valence-electron chi connectivity index (χ3n) is 3.79. The van der Waals surface area contributed by atoms with Crippen molar-refractivity contribution in [3.8, 4) is 5.75 Å². The Kier molecular flexibility index (Phi) is 6.69. The van der Waals surface area contributed by atoms with E-state index in [0.717, 1.165) is 16.8 Å². The van der Waals surface area contributed by atoms with E-state index < -0.39 is 0 Å². The molecule has 3 aromatic carbocycles. The van der Waals surface area contributed by atoms with Crippen LogP contribution >= 0.6 is 23.2 Å². The maximum Gasteiger partial charge on any atom is 0.262 e. The highest BCUT2D eigenvalue weighted by atomic mass is 35.5. The third kappa shape index (κ3) is 5.59. The van der Waals surface area contributed by atoms with Crippen molar-refractivity contribution >= 4 is 46.7 Å². The summed E-state index contributed by atoms with van der Waals surface area (Å²) in [5, 5.41) is 3.39. The molecular weight excluding hydrogens is 395 g/mol. The molecule has 0 aliphatic heterocycles. The van der Waals surface area contributed by atoms with Crippen molar-refractivity contribution in [3.63, 3.8) is 0 Å². The van der Waals surface area contributed by atoms with E-state index >= 15 is 0 Å². The van der Waals surface area contributed by atoms with Gasteiger partial charge in [0, 0.05) is 11.9 Å². The molecule has 0 spiro atoms. The van der Waals surface area contributed by atoms with Crippen LogP contribution in [-0.4, -0.2) is 18.7 Å². The van der Waals surface area contributed by atoms with Crippen LogP contribution in [0.25, 0.3) is 0 Å². The van der Waals surface area contributed by atoms with Crippen molar-refractivity contribution < 1.29 is 9.53 Å². The van der Waals surface area contributed by atoms with Crippen LogP contribution in [0.2, 0.25) is 10.0 Å². The number of amides is 1. The Bertz CT molecular complexity index is 981. The van der Waals surface area contributed by atoms with Gasteiger partial charge in [0.1, 0.15) is 0 Å². The summed E-state index contributed by atoms with van der Waals surface area (Å²) in [6, 6.07) is 20.4. The fourth-order valence-corrected chi connectivity index (χ4v) is 3.13. The van der Waals surface area contributed by atoms with Gasteiger partial charge in [-0.25, -0.2) is 0 Å². The van der Waals surface area contributed by atoms with E-state index in [-0.39, 0.29) is 18.3 Å². The molecule has 0 saturated carbocycles. The highest BCUT2D eigenvalue weighted by molar-refractivity contribution is 6.37. The van der Waals surface area contributed by atoms with E-state index in [1.807, 2.05) is 61.5 Å². The molecule has 0 heterocycles. The zero-order chi connectivity index (χ0) is 19.9. The van der Waals surface area contributed by atoms with Crippen LogP contribution in [0.5, 0.6) is 5.75 Å². The lowest BCUT2D eigenvalue weighted by Gasteiger charge is -2.11. The highest BCUT2D eigenvalue weighted by Gasteiger charge is 2.12. The molecule has 3 rings (SSSR count). The van der Waals surface area contributed by atoms with Crippen LogP contribution in [0.1, 0.15) is 11.1 Å². The van der Waals surface area contributed by atoms with Gasteiger partial charge in [-0.3, -0.25) is 9.79 Å². The summed E-state index contributed by atoms with van der Waals surface area (Å²) in [6.07, 6.45) is 1.67. The number of halogens is 2. The molecule has 28 heavy (non-hydrogen) atoms. The molecule has 0 atom stereocenters. The molecule has 0 aliphatic carbocycles. The maximum atomic E-state index is 12.1. The van der Waals surface area contributed by atoms with Crippen LogP contribution in [0.3, 0.4) is 0 Å². The number of carbonyl (C=O) groups excluding carboxylic acids is 1. The number of anilines is 1. The normalized spacial score (nSPS) is 10.8. The van der Waals surface area contributed by atoms with Gasteiger partial charge in [0.05, 0.1) is 15.7 Å². The first-order valence-corrected chi connectivity index (χ1v) is 9.34. The Morgan fingerprint density at radius 2 is 1.75 bits per heavy atom. The van der Waals surface area contributed by atoms with E-state index in [0.29, 0.717) is 15.7 Å². The SMILES string of the molecule is Cc1cccc(NC(=O)COc2c(Cl)cc(C=Nc3ccccc3)cc2Cl)c1. The lowest BCUT2D eigenvalue weighted by atomic mass is 10.2. The second-order valence-electron chi connectivity index (χ2n) is 6.11. The molecular formula is C22H18Cl2N2O2. The number of aliphatic imine (C=N–C) groups is 1. The molecule has 142 valence electrons. The van der Waals surface area contributed by atoms with E-state index in [4.69, 9.17) is 27.9 Å². The Morgan fingerprint density at radius 1 is 1.04 bits per heavy atom. The molecule has 0 aliphatic rings. The molecule has 0 saturated heterocycles. The summed E-state index contributed by atoms with van der Waals surface area (Å²) in [5.74, 6) is -0.0352. The van der Waals surface area contributed by atoms with E-state index in [1.165, 1.54) is 0 Å². The number of hydrogen-bond donors (Lipinski definition) is 1. The number of hydrogen-bond acceptors (Lipinski definition) is 3. The first kappa shape index (κ1) is 19.9. The van der Waals surface area contributed by atoms with Gasteiger partial charge in [-0.1, -0.05) is 53.5 Å². The Labute approximate surface area is 173 Å². The van der Waals surface area contributed by atoms with Crippen molar-refractivity contribution in [2.75, 3.05) is 11.9 Å². The van der Waals surface area contributed by atoms with Gasteiger partial charge >= 0.3 is 0 Å². The zero-order valence-corrected chi connectivity index (χ0v) is 16.7. The molecule has 4 nitrogen and oxygen atoms in total. The van der Waals surface area contributed by atoms with Gasteiger partial charge in [-0.15, -0.1) is 0 Å². The minimum atomic E-state index is -0.299. The van der Waals surface area contributed by atoms with Crippen molar-refractivity contribution in [1.82, 2.24) is 0 Å². The van der Waals surface area contributed by atoms with Crippen molar-refractivity contribution in [2.45, 2.75) is 6.92 Å². The second kappa shape index (κ2) is 9.40. The van der Waals surface area contributed by atoms with Gasteiger partial charge in [-0.2, -0.15) is 0 Å². The number of rotatable bonds is 6. The predicted octanol–water partition coefficient (Wildman–Crippen LogP) is 6.07. The Balaban J connectivity index is 1.64. The summed E-state index contributed by atoms with van der Waals surface area (Å²) < 4.78 is 5.53. The molecule has 1 amide bonds. The Morgan fingerprint density at radius 3 is 2.43 bits per heavy atom. The number of nitrogens with zero attached hydrogens (tertiary/aromatic N) is 1. The molecule has 0 radical (unpaired) electrons. The largest absolute Gasteiger partial charge is 0.481 e. The highest BCUT2D eigenvalue weighted by Crippen LogP contribution is 2.34. The topological polar surface area (TPSA) is 50.7 Å². The fraction of sp³-hybridized carbons (Fsp3) is 0.0909. The summed E-state index contributed by atoms with van der Waals surface area (Å²) in [6.45, 7) is 1.75. The minimum Gasteiger partial charge on any atom is -0.481 e. The van der Waals surface area contributed by atoms with Crippen molar-refractivity contribution in [1.29, 1.82) is 0 Å². The zero-order valence-electron chi connectivity index (χ0n) is 15.2. The molecule has 0 aromatic heterocycles. The Hall–Kier alpha value is -2.82. The first-order chi connectivity index (χ1) is 13.5. The summed E-state index contributed by atoms with van der Waals surface area (Å²) >= 11 is 12.6. The lowest BCUT2D eigenvalue weighted by Crippen LogP contribution is -2.20. The van der Waals surface area contributed by atoms with Crippen LogP contribution < -0.4 is 10.1 Å². The van der Waals surface area contributed by atoms with Crippen LogP contribution in [0, 0.1) is 6.92 Å². The van der Waals surface area contributed by atoms with Crippen LogP contribution in [0.4, 0.5) is 11.4 Å². The molecule has 6 heteroatoms. The van der Waals surface area contributed by atoms with Crippen LogP contribution in [0.15, 0.2) is 71.7 Å². The molecule has 0 fully saturated rings. The van der Waals surface area contributed by atoms with Gasteiger partial charge < -0.3 is 10.1 Å². The quantitative estimate of drug-likeness (QED) is 0.499. The summed E-state index contributed by atoms with van der Waals surface area (Å²) in [7, 11) is 0. The van der Waals surface area contributed by atoms with Crippen molar-refractivity contribution in [3.05, 3.63) is 87.9 Å². The number of aryl methyl sites for hydroxylation is 1. The molecule has 0 bridgehead atoms. The molecule has 1 N–H and O–H groups in total. The van der Waals surface area contributed by atoms with E-state index in [2.05, 4.69) is 10.3 Å². The molecule has 0 unspecified atom stereocenters. The lowest BCUT2D eigenvalue weighted by molar-refractivity contribution is -0.118. The van der Waals surface area contributed by atoms with E-state index in [1.54, 1.807) is 18.3 Å². The van der Waals surface area contributed by atoms with Gasteiger partial charge in [-0.05, 0) is 54.4 Å². The number of carbonyl (C=O) groups is 1. The average molecular weight is 413 g/mol. The van der Waals surface area contributed by atoms with Crippen molar-refractivity contribution in [2.24, 2.45) is 4.99 Å². The van der Waals surface area contributed by atoms with Gasteiger partial charge in [0.2, 0.25) is 0 Å². The number of para-hydroxylation sites is 1. The summed E-state index contributed by atoms with van der Waals surface area (Å²) in [5.41, 5.74) is 3.31. The smallest absolute Gasteiger partial charge is 0.262 e. The number of ether oxygens (including phenoxy) is 1. The average Bonchev–Trinajstić information content (AvgIpc) is 2.66. The van der Waals surface area contributed by atoms with Crippen LogP contribution in [-0.2, 0) is 4.79 Å². The molecule has 3 aromatic rings. The van der Waals surface area contributed by atoms with E-state index in [9.17, 15) is 4.79 Å². The first-order valence-electron chi connectivity index (χ1n) is 8.59. The third-order valence-corrected chi connectivity index (χ3v) is 4.35. The van der Waals surface area contributed by atoms with Gasteiger partial charge in [0.25, 0.3) is 5.91 Å². The standard InChI is InChI=1S/C22H18Cl2N2O2/c1-15-6-5-9-18(10-15)26-21(27)14-28-22-19(23)11-16(12-20(22)24)13-25-17-7-3-2-4-8-17/h2-13H,14H2,1H3,(H,26,27). The maximum absolute atomic E-state index is 12.1. The monoisotopic (exact) mass is 412 g/mol. The number of benzene rings is 3. The predicted molar refractivity (Wildman–Crippen MR) is 115 cm³/mol. The second-order valence-corrected chi connectivity index (χ2v) is 6.93.